The highest BCUT2D eigenvalue weighted by Crippen LogP contribution is 2.19. The van der Waals surface area contributed by atoms with Gasteiger partial charge in [0.15, 0.2) is 5.76 Å². The fourth-order valence-electron chi connectivity index (χ4n) is 2.38. The van der Waals surface area contributed by atoms with Gasteiger partial charge in [0.2, 0.25) is 0 Å². The number of hydrogen-bond donors (Lipinski definition) is 1. The van der Waals surface area contributed by atoms with E-state index in [0.29, 0.717) is 0 Å². The van der Waals surface area contributed by atoms with Crippen molar-refractivity contribution >= 4 is 10.9 Å². The molecule has 0 atom stereocenters. The van der Waals surface area contributed by atoms with Gasteiger partial charge in [-0.3, -0.25) is 0 Å². The van der Waals surface area contributed by atoms with Crippen LogP contribution in [0.25, 0.3) is 10.9 Å². The van der Waals surface area contributed by atoms with Crippen LogP contribution in [0.5, 0.6) is 0 Å². The first-order chi connectivity index (χ1) is 9.86. The van der Waals surface area contributed by atoms with E-state index in [-0.39, 0.29) is 0 Å². The molecule has 0 saturated heterocycles. The first-order valence-corrected chi connectivity index (χ1v) is 7.05. The van der Waals surface area contributed by atoms with Gasteiger partial charge in [0, 0.05) is 24.3 Å². The minimum Gasteiger partial charge on any atom is -0.359 e. The number of nitrogens with zero attached hydrogens (tertiary/aromatic N) is 2. The first kappa shape index (κ1) is 12.9. The lowest BCUT2D eigenvalue weighted by atomic mass is 10.1. The molecule has 4 nitrogen and oxygen atoms in total. The Balaban J connectivity index is 1.83. The number of nitrogens with one attached hydrogen (secondary N) is 1. The molecule has 0 saturated carbocycles. The summed E-state index contributed by atoms with van der Waals surface area (Å²) in [6, 6.07) is 10.6. The Kier molecular flexibility index (Phi) is 3.83. The van der Waals surface area contributed by atoms with Crippen LogP contribution in [0.4, 0.5) is 0 Å². The zero-order chi connectivity index (χ0) is 13.8. The molecular weight excluding hydrogens is 250 g/mol. The molecule has 3 rings (SSSR count). The summed E-state index contributed by atoms with van der Waals surface area (Å²) in [7, 11) is 0. The van der Waals surface area contributed by atoms with Crippen LogP contribution >= 0.6 is 0 Å². The molecule has 20 heavy (non-hydrogen) atoms. The Labute approximate surface area is 118 Å². The van der Waals surface area contributed by atoms with Gasteiger partial charge < -0.3 is 14.4 Å². The van der Waals surface area contributed by atoms with E-state index in [0.717, 1.165) is 31.8 Å². The molecule has 0 aliphatic heterocycles. The summed E-state index contributed by atoms with van der Waals surface area (Å²) < 4.78 is 7.38. The topological polar surface area (TPSA) is 43.0 Å². The van der Waals surface area contributed by atoms with Gasteiger partial charge in [0.05, 0.1) is 12.7 Å². The third-order valence-electron chi connectivity index (χ3n) is 3.41. The molecule has 4 heteroatoms. The number of benzene rings is 1. The van der Waals surface area contributed by atoms with E-state index in [9.17, 15) is 0 Å². The highest BCUT2D eigenvalue weighted by molar-refractivity contribution is 5.80. The molecule has 0 unspecified atom stereocenters. The second-order valence-electron chi connectivity index (χ2n) is 4.99. The normalized spacial score (nSPS) is 11.2. The largest absolute Gasteiger partial charge is 0.359 e. The maximum absolute atomic E-state index is 5.18. The van der Waals surface area contributed by atoms with Crippen molar-refractivity contribution in [2.75, 3.05) is 6.54 Å². The Morgan fingerprint density at radius 2 is 2.20 bits per heavy atom. The first-order valence-electron chi connectivity index (χ1n) is 7.05. The summed E-state index contributed by atoms with van der Waals surface area (Å²) in [5, 5.41) is 8.44. The molecule has 0 fully saturated rings. The van der Waals surface area contributed by atoms with Crippen LogP contribution in [0.1, 0.15) is 24.7 Å². The molecule has 1 aromatic carbocycles. The summed E-state index contributed by atoms with van der Waals surface area (Å²) in [6.07, 6.45) is 4.93. The quantitative estimate of drug-likeness (QED) is 0.699. The Morgan fingerprint density at radius 1 is 1.25 bits per heavy atom. The molecule has 0 radical (unpaired) electrons. The van der Waals surface area contributed by atoms with Gasteiger partial charge in [-0.25, -0.2) is 0 Å². The maximum Gasteiger partial charge on any atom is 0.156 e. The predicted octanol–water partition coefficient (Wildman–Crippen LogP) is 3.18. The van der Waals surface area contributed by atoms with Crippen LogP contribution in [0.2, 0.25) is 0 Å². The molecule has 0 aliphatic rings. The molecule has 1 N–H and O–H groups in total. The molecule has 2 aromatic heterocycles. The van der Waals surface area contributed by atoms with Crippen LogP contribution in [0.3, 0.4) is 0 Å². The van der Waals surface area contributed by atoms with Crippen molar-refractivity contribution in [2.24, 2.45) is 0 Å². The fraction of sp³-hybridized carbons (Fsp3) is 0.312. The van der Waals surface area contributed by atoms with Crippen LogP contribution in [0, 0.1) is 0 Å². The number of fused-ring (bicyclic) bond motifs is 1. The van der Waals surface area contributed by atoms with Crippen molar-refractivity contribution in [2.45, 2.75) is 26.4 Å². The van der Waals surface area contributed by atoms with Crippen molar-refractivity contribution < 1.29 is 4.52 Å². The molecule has 104 valence electrons. The Hall–Kier alpha value is -2.07. The Bertz CT molecular complexity index is 670. The van der Waals surface area contributed by atoms with Gasteiger partial charge in [-0.1, -0.05) is 24.2 Å². The summed E-state index contributed by atoms with van der Waals surface area (Å²) in [5.41, 5.74) is 2.54. The van der Waals surface area contributed by atoms with Gasteiger partial charge in [0.25, 0.3) is 0 Å². The second kappa shape index (κ2) is 5.92. The van der Waals surface area contributed by atoms with Crippen LogP contribution < -0.4 is 5.32 Å². The van der Waals surface area contributed by atoms with E-state index in [1.54, 1.807) is 6.20 Å². The molecular formula is C16H19N3O. The zero-order valence-corrected chi connectivity index (χ0v) is 11.7. The number of aromatic nitrogens is 2. The number of hydrogen-bond acceptors (Lipinski definition) is 3. The summed E-state index contributed by atoms with van der Waals surface area (Å²) in [5.74, 6) is 0.872. The lowest BCUT2D eigenvalue weighted by Crippen LogP contribution is -2.13. The lowest BCUT2D eigenvalue weighted by Gasteiger charge is -2.06. The zero-order valence-electron chi connectivity index (χ0n) is 11.7. The SMILES string of the molecule is CCCNCc1ccc2ccn(Cc3ccno3)c2c1. The molecule has 0 spiro atoms. The third kappa shape index (κ3) is 2.75. The van der Waals surface area contributed by atoms with E-state index >= 15 is 0 Å². The molecule has 3 aromatic rings. The van der Waals surface area contributed by atoms with E-state index in [2.05, 4.69) is 52.4 Å². The van der Waals surface area contributed by atoms with Gasteiger partial charge in [-0.05, 0) is 36.0 Å². The monoisotopic (exact) mass is 269 g/mol. The molecule has 2 heterocycles. The summed E-state index contributed by atoms with van der Waals surface area (Å²) in [4.78, 5) is 0. The molecule has 0 bridgehead atoms. The average molecular weight is 269 g/mol. The fourth-order valence-corrected chi connectivity index (χ4v) is 2.38. The van der Waals surface area contributed by atoms with E-state index < -0.39 is 0 Å². The second-order valence-corrected chi connectivity index (χ2v) is 4.99. The van der Waals surface area contributed by atoms with E-state index in [4.69, 9.17) is 4.52 Å². The lowest BCUT2D eigenvalue weighted by molar-refractivity contribution is 0.378. The van der Waals surface area contributed by atoms with Gasteiger partial charge >= 0.3 is 0 Å². The summed E-state index contributed by atoms with van der Waals surface area (Å²) >= 11 is 0. The minimum absolute atomic E-state index is 0.718. The molecule has 0 amide bonds. The van der Waals surface area contributed by atoms with Crippen molar-refractivity contribution in [3.63, 3.8) is 0 Å². The predicted molar refractivity (Wildman–Crippen MR) is 79.5 cm³/mol. The van der Waals surface area contributed by atoms with Gasteiger partial charge in [-0.2, -0.15) is 0 Å². The van der Waals surface area contributed by atoms with E-state index in [1.165, 1.54) is 16.5 Å². The van der Waals surface area contributed by atoms with Crippen LogP contribution in [-0.2, 0) is 13.1 Å². The smallest absolute Gasteiger partial charge is 0.156 e. The van der Waals surface area contributed by atoms with Crippen molar-refractivity contribution in [1.29, 1.82) is 0 Å². The standard InChI is InChI=1S/C16H19N3O/c1-2-7-17-11-13-3-4-14-6-9-19(16(14)10-13)12-15-5-8-18-20-15/h3-6,8-10,17H,2,7,11-12H2,1H3. The van der Waals surface area contributed by atoms with Gasteiger partial charge in [0.1, 0.15) is 0 Å². The van der Waals surface area contributed by atoms with Gasteiger partial charge in [-0.15, -0.1) is 0 Å². The van der Waals surface area contributed by atoms with Crippen molar-refractivity contribution in [3.05, 3.63) is 54.0 Å². The highest BCUT2D eigenvalue weighted by atomic mass is 16.5. The summed E-state index contributed by atoms with van der Waals surface area (Å²) in [6.45, 7) is 4.86. The Morgan fingerprint density at radius 3 is 3.00 bits per heavy atom. The minimum atomic E-state index is 0.718. The van der Waals surface area contributed by atoms with Crippen LogP contribution in [-0.4, -0.2) is 16.3 Å². The van der Waals surface area contributed by atoms with Crippen LogP contribution in [0.15, 0.2) is 47.2 Å². The maximum atomic E-state index is 5.18. The highest BCUT2D eigenvalue weighted by Gasteiger charge is 2.05. The van der Waals surface area contributed by atoms with Crippen molar-refractivity contribution in [1.82, 2.24) is 15.0 Å². The number of rotatable bonds is 6. The average Bonchev–Trinajstić information content (AvgIpc) is 3.10. The molecule has 0 aliphatic carbocycles. The van der Waals surface area contributed by atoms with E-state index in [1.807, 2.05) is 6.07 Å². The van der Waals surface area contributed by atoms with Crippen molar-refractivity contribution in [3.8, 4) is 0 Å². The third-order valence-corrected chi connectivity index (χ3v) is 3.41.